The third kappa shape index (κ3) is 4.21. The maximum Gasteiger partial charge on any atom is 0.306 e. The molecule has 2 N–H and O–H groups in total. The van der Waals surface area contributed by atoms with Gasteiger partial charge >= 0.3 is 16.2 Å². The number of H-pyrrole nitrogens is 1. The number of aryl methyl sites for hydroxylation is 1. The Morgan fingerprint density at radius 1 is 1.58 bits per heavy atom. The quantitative estimate of drug-likeness (QED) is 0.694. The standard InChI is InChI=1S/C10H18N4O4S/c1-4-8-7-11-12-10(8)13-19(16,17)14(2)6-5-9(15)18-3/h7H,4-6H2,1-3H3,(H2,11,12,13). The molecule has 9 heteroatoms. The Balaban J connectivity index is 2.67. The molecule has 1 aromatic rings. The molecule has 0 aliphatic carbocycles. The number of methoxy groups -OCH3 is 1. The maximum atomic E-state index is 12.0. The molecular formula is C10H18N4O4S. The van der Waals surface area contributed by atoms with Crippen LogP contribution in [0.2, 0.25) is 0 Å². The van der Waals surface area contributed by atoms with Crippen molar-refractivity contribution in [2.75, 3.05) is 25.4 Å². The summed E-state index contributed by atoms with van der Waals surface area (Å²) >= 11 is 0. The Kier molecular flexibility index (Phi) is 5.31. The number of ether oxygens (including phenoxy) is 1. The molecule has 0 bridgehead atoms. The SMILES string of the molecule is CCc1cn[nH]c1NS(=O)(=O)N(C)CCC(=O)OC. The topological polar surface area (TPSA) is 104 Å². The number of nitrogens with one attached hydrogen (secondary N) is 2. The zero-order valence-electron chi connectivity index (χ0n) is 11.1. The van der Waals surface area contributed by atoms with Crippen LogP contribution in [0.25, 0.3) is 0 Å². The van der Waals surface area contributed by atoms with Crippen molar-refractivity contribution in [3.8, 4) is 0 Å². The fourth-order valence-electron chi connectivity index (χ4n) is 1.35. The number of hydrogen-bond donors (Lipinski definition) is 2. The summed E-state index contributed by atoms with van der Waals surface area (Å²) in [6.45, 7) is 1.93. The van der Waals surface area contributed by atoms with Gasteiger partial charge in [-0.1, -0.05) is 6.92 Å². The molecule has 1 aromatic heterocycles. The molecule has 1 rings (SSSR count). The molecule has 108 valence electrons. The van der Waals surface area contributed by atoms with Crippen molar-refractivity contribution in [2.24, 2.45) is 0 Å². The van der Waals surface area contributed by atoms with Gasteiger partial charge in [0.1, 0.15) is 5.82 Å². The smallest absolute Gasteiger partial charge is 0.306 e. The van der Waals surface area contributed by atoms with E-state index in [4.69, 9.17) is 0 Å². The average molecular weight is 290 g/mol. The van der Waals surface area contributed by atoms with Crippen molar-refractivity contribution in [2.45, 2.75) is 19.8 Å². The zero-order chi connectivity index (χ0) is 14.5. The number of nitrogens with zero attached hydrogens (tertiary/aromatic N) is 2. The van der Waals surface area contributed by atoms with Gasteiger partial charge in [-0.25, -0.2) is 0 Å². The predicted octanol–water partition coefficient (Wildman–Crippen LogP) is 0.124. The first-order valence-electron chi connectivity index (χ1n) is 5.73. The first-order valence-corrected chi connectivity index (χ1v) is 7.17. The van der Waals surface area contributed by atoms with Gasteiger partial charge in [-0.15, -0.1) is 0 Å². The highest BCUT2D eigenvalue weighted by molar-refractivity contribution is 7.90. The van der Waals surface area contributed by atoms with E-state index >= 15 is 0 Å². The van der Waals surface area contributed by atoms with E-state index in [-0.39, 0.29) is 13.0 Å². The fourth-order valence-corrected chi connectivity index (χ4v) is 2.27. The summed E-state index contributed by atoms with van der Waals surface area (Å²) < 4.78 is 31.9. The molecule has 0 atom stereocenters. The molecule has 0 saturated heterocycles. The highest BCUT2D eigenvalue weighted by Gasteiger charge is 2.20. The lowest BCUT2D eigenvalue weighted by Crippen LogP contribution is -2.34. The molecule has 19 heavy (non-hydrogen) atoms. The highest BCUT2D eigenvalue weighted by atomic mass is 32.2. The van der Waals surface area contributed by atoms with Crippen LogP contribution in [0.15, 0.2) is 6.20 Å². The van der Waals surface area contributed by atoms with Crippen LogP contribution in [0.4, 0.5) is 5.82 Å². The maximum absolute atomic E-state index is 12.0. The first kappa shape index (κ1) is 15.4. The van der Waals surface area contributed by atoms with Crippen molar-refractivity contribution in [1.29, 1.82) is 0 Å². The Morgan fingerprint density at radius 2 is 2.26 bits per heavy atom. The van der Waals surface area contributed by atoms with Gasteiger partial charge in [-0.3, -0.25) is 14.6 Å². The number of aromatic amines is 1. The van der Waals surface area contributed by atoms with Crippen LogP contribution in [-0.4, -0.2) is 49.6 Å². The van der Waals surface area contributed by atoms with Crippen LogP contribution in [0, 0.1) is 0 Å². The van der Waals surface area contributed by atoms with Gasteiger partial charge in [0.05, 0.1) is 19.7 Å². The van der Waals surface area contributed by atoms with Crippen molar-refractivity contribution in [3.63, 3.8) is 0 Å². The predicted molar refractivity (Wildman–Crippen MR) is 69.8 cm³/mol. The van der Waals surface area contributed by atoms with Crippen LogP contribution < -0.4 is 4.72 Å². The van der Waals surface area contributed by atoms with Gasteiger partial charge in [-0.2, -0.15) is 17.8 Å². The van der Waals surface area contributed by atoms with Crippen molar-refractivity contribution in [1.82, 2.24) is 14.5 Å². The number of aromatic nitrogens is 2. The Morgan fingerprint density at radius 3 is 2.84 bits per heavy atom. The number of esters is 1. The number of hydrogen-bond acceptors (Lipinski definition) is 5. The van der Waals surface area contributed by atoms with Crippen LogP contribution in [-0.2, 0) is 26.2 Å². The molecule has 8 nitrogen and oxygen atoms in total. The fraction of sp³-hybridized carbons (Fsp3) is 0.600. The van der Waals surface area contributed by atoms with Gasteiger partial charge < -0.3 is 4.74 Å². The van der Waals surface area contributed by atoms with E-state index in [0.717, 1.165) is 9.87 Å². The molecular weight excluding hydrogens is 272 g/mol. The molecule has 0 radical (unpaired) electrons. The number of carbonyl (C=O) groups is 1. The highest BCUT2D eigenvalue weighted by Crippen LogP contribution is 2.14. The summed E-state index contributed by atoms with van der Waals surface area (Å²) in [7, 11) is -1.08. The monoisotopic (exact) mass is 290 g/mol. The van der Waals surface area contributed by atoms with Gasteiger partial charge in [0.25, 0.3) is 0 Å². The normalized spacial score (nSPS) is 11.6. The average Bonchev–Trinajstić information content (AvgIpc) is 2.81. The summed E-state index contributed by atoms with van der Waals surface area (Å²) in [4.78, 5) is 11.0. The third-order valence-electron chi connectivity index (χ3n) is 2.60. The minimum atomic E-state index is -3.72. The molecule has 0 amide bonds. The minimum Gasteiger partial charge on any atom is -0.469 e. The van der Waals surface area contributed by atoms with Crippen LogP contribution in [0.3, 0.4) is 0 Å². The molecule has 0 aliphatic heterocycles. The third-order valence-corrected chi connectivity index (χ3v) is 4.06. The summed E-state index contributed by atoms with van der Waals surface area (Å²) in [5.41, 5.74) is 0.768. The largest absolute Gasteiger partial charge is 0.469 e. The second-order valence-electron chi connectivity index (χ2n) is 3.88. The number of carbonyl (C=O) groups excluding carboxylic acids is 1. The zero-order valence-corrected chi connectivity index (χ0v) is 12.0. The minimum absolute atomic E-state index is 0.00246. The lowest BCUT2D eigenvalue weighted by molar-refractivity contribution is -0.140. The molecule has 0 spiro atoms. The molecule has 0 saturated carbocycles. The van der Waals surface area contributed by atoms with E-state index in [1.807, 2.05) is 6.92 Å². The molecule has 0 aliphatic rings. The second kappa shape index (κ2) is 6.53. The van der Waals surface area contributed by atoms with Crippen molar-refractivity contribution in [3.05, 3.63) is 11.8 Å². The van der Waals surface area contributed by atoms with E-state index < -0.39 is 16.2 Å². The van der Waals surface area contributed by atoms with Crippen LogP contribution >= 0.6 is 0 Å². The summed E-state index contributed by atoms with van der Waals surface area (Å²) in [5.74, 6) is -0.120. The Hall–Kier alpha value is -1.61. The Labute approximate surface area is 112 Å². The summed E-state index contributed by atoms with van der Waals surface area (Å²) in [5, 5.41) is 6.36. The van der Waals surface area contributed by atoms with E-state index in [1.165, 1.54) is 14.2 Å². The van der Waals surface area contributed by atoms with E-state index in [1.54, 1.807) is 6.20 Å². The lowest BCUT2D eigenvalue weighted by atomic mass is 10.3. The molecule has 0 unspecified atom stereocenters. The summed E-state index contributed by atoms with van der Waals surface area (Å²) in [6.07, 6.45) is 2.21. The van der Waals surface area contributed by atoms with Crippen LogP contribution in [0.5, 0.6) is 0 Å². The van der Waals surface area contributed by atoms with Gasteiger partial charge in [0.15, 0.2) is 0 Å². The van der Waals surface area contributed by atoms with E-state index in [2.05, 4.69) is 19.7 Å². The van der Waals surface area contributed by atoms with Crippen molar-refractivity contribution < 1.29 is 17.9 Å². The van der Waals surface area contributed by atoms with Gasteiger partial charge in [0, 0.05) is 19.2 Å². The number of anilines is 1. The molecule has 1 heterocycles. The van der Waals surface area contributed by atoms with Gasteiger partial charge in [-0.05, 0) is 6.42 Å². The van der Waals surface area contributed by atoms with E-state index in [0.29, 0.717) is 12.2 Å². The van der Waals surface area contributed by atoms with Crippen molar-refractivity contribution >= 4 is 22.0 Å². The van der Waals surface area contributed by atoms with Gasteiger partial charge in [0.2, 0.25) is 0 Å². The van der Waals surface area contributed by atoms with E-state index in [9.17, 15) is 13.2 Å². The molecule has 0 aromatic carbocycles. The first-order chi connectivity index (χ1) is 8.90. The lowest BCUT2D eigenvalue weighted by Gasteiger charge is -2.17. The summed E-state index contributed by atoms with van der Waals surface area (Å²) in [6, 6.07) is 0. The second-order valence-corrected chi connectivity index (χ2v) is 5.66. The Bertz CT molecular complexity index is 525. The van der Waals surface area contributed by atoms with Crippen LogP contribution in [0.1, 0.15) is 18.9 Å². The molecule has 0 fully saturated rings. The number of rotatable bonds is 7.